The summed E-state index contributed by atoms with van der Waals surface area (Å²) in [6.07, 6.45) is 4.61. The van der Waals surface area contributed by atoms with Gasteiger partial charge in [0.15, 0.2) is 11.5 Å². The molecular weight excluding hydrogens is 336 g/mol. The number of carboxylic acid groups (broad SMARTS) is 1. The molecule has 0 aliphatic carbocycles. The molecule has 0 radical (unpaired) electrons. The predicted octanol–water partition coefficient (Wildman–Crippen LogP) is 1.11. The molecule has 3 aromatic rings. The van der Waals surface area contributed by atoms with Gasteiger partial charge in [0.05, 0.1) is 19.3 Å². The highest BCUT2D eigenvalue weighted by Gasteiger charge is 2.06. The van der Waals surface area contributed by atoms with E-state index < -0.39 is 5.97 Å². The van der Waals surface area contributed by atoms with Crippen LogP contribution in [0.1, 0.15) is 21.5 Å². The smallest absolute Gasteiger partial charge is 0.161 e. The molecule has 1 heterocycles. The van der Waals surface area contributed by atoms with Crippen molar-refractivity contribution in [2.45, 2.75) is 6.61 Å². The monoisotopic (exact) mass is 351 g/mol. The number of aromatic nitrogens is 3. The van der Waals surface area contributed by atoms with E-state index in [0.29, 0.717) is 11.5 Å². The Balaban J connectivity index is 1.68. The van der Waals surface area contributed by atoms with E-state index in [1.165, 1.54) is 29.5 Å². The summed E-state index contributed by atoms with van der Waals surface area (Å²) < 4.78 is 12.6. The van der Waals surface area contributed by atoms with Crippen LogP contribution >= 0.6 is 0 Å². The molecule has 0 saturated carbocycles. The van der Waals surface area contributed by atoms with Gasteiger partial charge >= 0.3 is 0 Å². The number of carboxylic acids is 1. The second kappa shape index (κ2) is 7.93. The van der Waals surface area contributed by atoms with Crippen molar-refractivity contribution in [1.29, 1.82) is 0 Å². The molecular formula is C18H15N4O4-. The third-order valence-corrected chi connectivity index (χ3v) is 3.52. The lowest BCUT2D eigenvalue weighted by molar-refractivity contribution is -0.255. The van der Waals surface area contributed by atoms with Crippen molar-refractivity contribution in [3.63, 3.8) is 0 Å². The largest absolute Gasteiger partial charge is 0.545 e. The number of nitrogens with zero attached hydrogens (tertiary/aromatic N) is 4. The highest BCUT2D eigenvalue weighted by atomic mass is 16.5. The molecule has 8 nitrogen and oxygen atoms in total. The summed E-state index contributed by atoms with van der Waals surface area (Å²) in [7, 11) is 1.55. The van der Waals surface area contributed by atoms with Gasteiger partial charge in [0.2, 0.25) is 0 Å². The maximum absolute atomic E-state index is 10.8. The number of carbonyl (C=O) groups excluding carboxylic acids is 1. The van der Waals surface area contributed by atoms with E-state index in [9.17, 15) is 9.90 Å². The van der Waals surface area contributed by atoms with E-state index in [4.69, 9.17) is 9.47 Å². The minimum atomic E-state index is -1.21. The first-order valence-electron chi connectivity index (χ1n) is 7.66. The molecule has 0 amide bonds. The second-order valence-electron chi connectivity index (χ2n) is 5.27. The lowest BCUT2D eigenvalue weighted by atomic mass is 10.1. The quantitative estimate of drug-likeness (QED) is 0.591. The minimum Gasteiger partial charge on any atom is -0.545 e. The molecule has 8 heteroatoms. The van der Waals surface area contributed by atoms with Gasteiger partial charge in [0.1, 0.15) is 19.3 Å². The summed E-state index contributed by atoms with van der Waals surface area (Å²) in [5, 5.41) is 22.3. The molecule has 3 rings (SSSR count). The van der Waals surface area contributed by atoms with Gasteiger partial charge in [0, 0.05) is 0 Å². The SMILES string of the molecule is COc1cc(/C=N\n2cnnc2)ccc1OCc1ccc(C(=O)[O-])cc1. The van der Waals surface area contributed by atoms with E-state index in [0.717, 1.165) is 11.1 Å². The topological polar surface area (TPSA) is 102 Å². The maximum Gasteiger partial charge on any atom is 0.161 e. The van der Waals surface area contributed by atoms with Crippen LogP contribution in [0, 0.1) is 0 Å². The van der Waals surface area contributed by atoms with Crippen LogP contribution in [0.25, 0.3) is 0 Å². The summed E-state index contributed by atoms with van der Waals surface area (Å²) in [6, 6.07) is 11.7. The molecule has 0 atom stereocenters. The van der Waals surface area contributed by atoms with Crippen LogP contribution < -0.4 is 14.6 Å². The van der Waals surface area contributed by atoms with Crippen LogP contribution in [-0.2, 0) is 6.61 Å². The first-order valence-corrected chi connectivity index (χ1v) is 7.66. The van der Waals surface area contributed by atoms with E-state index in [1.54, 1.807) is 37.6 Å². The van der Waals surface area contributed by atoms with Crippen molar-refractivity contribution in [2.75, 3.05) is 7.11 Å². The molecule has 1 aromatic heterocycles. The number of methoxy groups -OCH3 is 1. The number of carbonyl (C=O) groups is 1. The Morgan fingerprint density at radius 3 is 2.54 bits per heavy atom. The first-order chi connectivity index (χ1) is 12.7. The second-order valence-corrected chi connectivity index (χ2v) is 5.27. The van der Waals surface area contributed by atoms with E-state index in [2.05, 4.69) is 15.3 Å². The van der Waals surface area contributed by atoms with Crippen molar-refractivity contribution >= 4 is 12.2 Å². The Hall–Kier alpha value is -3.68. The van der Waals surface area contributed by atoms with Gasteiger partial charge in [-0.3, -0.25) is 0 Å². The Kier molecular flexibility index (Phi) is 5.23. The van der Waals surface area contributed by atoms with Crippen molar-refractivity contribution in [3.8, 4) is 11.5 Å². The fraction of sp³-hybridized carbons (Fsp3) is 0.111. The number of hydrogen-bond acceptors (Lipinski definition) is 7. The van der Waals surface area contributed by atoms with Crippen molar-refractivity contribution in [1.82, 2.24) is 14.9 Å². The third-order valence-electron chi connectivity index (χ3n) is 3.52. The maximum atomic E-state index is 10.8. The number of aromatic carboxylic acids is 1. The summed E-state index contributed by atoms with van der Waals surface area (Å²) in [5.41, 5.74) is 1.78. The van der Waals surface area contributed by atoms with E-state index in [1.807, 2.05) is 6.07 Å². The normalized spacial score (nSPS) is 10.8. The van der Waals surface area contributed by atoms with Crippen molar-refractivity contribution in [2.24, 2.45) is 5.10 Å². The summed E-state index contributed by atoms with van der Waals surface area (Å²) >= 11 is 0. The Labute approximate surface area is 149 Å². The third kappa shape index (κ3) is 4.23. The van der Waals surface area contributed by atoms with Crippen LogP contribution in [0.2, 0.25) is 0 Å². The molecule has 0 N–H and O–H groups in total. The number of ether oxygens (including phenoxy) is 2. The average Bonchev–Trinajstić information content (AvgIpc) is 3.19. The van der Waals surface area contributed by atoms with Crippen molar-refractivity contribution < 1.29 is 19.4 Å². The van der Waals surface area contributed by atoms with Gasteiger partial charge in [-0.25, -0.2) is 4.68 Å². The number of benzene rings is 2. The Bertz CT molecular complexity index is 905. The van der Waals surface area contributed by atoms with Gasteiger partial charge in [-0.2, -0.15) is 5.10 Å². The van der Waals surface area contributed by atoms with Gasteiger partial charge < -0.3 is 19.4 Å². The number of hydrogen-bond donors (Lipinski definition) is 0. The van der Waals surface area contributed by atoms with Gasteiger partial charge in [-0.15, -0.1) is 10.2 Å². The fourth-order valence-electron chi connectivity index (χ4n) is 2.17. The van der Waals surface area contributed by atoms with Crippen LogP contribution in [0.4, 0.5) is 0 Å². The fourth-order valence-corrected chi connectivity index (χ4v) is 2.17. The first kappa shape index (κ1) is 17.2. The standard InChI is InChI=1S/C18H16N4O4/c1-25-17-8-14(9-21-22-11-19-20-12-22)4-7-16(17)26-10-13-2-5-15(6-3-13)18(23)24/h2-9,11-12H,10H2,1H3,(H,23,24)/p-1/b21-9-. The molecule has 0 bridgehead atoms. The van der Waals surface area contributed by atoms with Crippen LogP contribution in [0.15, 0.2) is 60.2 Å². The molecule has 2 aromatic carbocycles. The minimum absolute atomic E-state index is 0.128. The molecule has 0 spiro atoms. The molecule has 0 aliphatic heterocycles. The Morgan fingerprint density at radius 2 is 1.88 bits per heavy atom. The average molecular weight is 351 g/mol. The zero-order chi connectivity index (χ0) is 18.4. The molecule has 0 saturated heterocycles. The molecule has 26 heavy (non-hydrogen) atoms. The predicted molar refractivity (Wildman–Crippen MR) is 91.1 cm³/mol. The molecule has 0 unspecified atom stereocenters. The van der Waals surface area contributed by atoms with E-state index in [-0.39, 0.29) is 12.2 Å². The Morgan fingerprint density at radius 1 is 1.15 bits per heavy atom. The van der Waals surface area contributed by atoms with Crippen molar-refractivity contribution in [3.05, 3.63) is 71.8 Å². The van der Waals surface area contributed by atoms with Crippen LogP contribution in [-0.4, -0.2) is 34.2 Å². The lowest BCUT2D eigenvalue weighted by Crippen LogP contribution is -2.22. The summed E-state index contributed by atoms with van der Waals surface area (Å²) in [5.74, 6) is -0.0788. The summed E-state index contributed by atoms with van der Waals surface area (Å²) in [4.78, 5) is 10.8. The highest BCUT2D eigenvalue weighted by Crippen LogP contribution is 2.28. The van der Waals surface area contributed by atoms with Gasteiger partial charge in [-0.1, -0.05) is 24.3 Å². The molecule has 0 fully saturated rings. The zero-order valence-corrected chi connectivity index (χ0v) is 13.9. The lowest BCUT2D eigenvalue weighted by Gasteiger charge is -2.12. The van der Waals surface area contributed by atoms with Crippen LogP contribution in [0.3, 0.4) is 0 Å². The highest BCUT2D eigenvalue weighted by molar-refractivity contribution is 5.85. The van der Waals surface area contributed by atoms with Gasteiger partial charge in [0.25, 0.3) is 0 Å². The van der Waals surface area contributed by atoms with Crippen LogP contribution in [0.5, 0.6) is 11.5 Å². The zero-order valence-electron chi connectivity index (χ0n) is 13.9. The van der Waals surface area contributed by atoms with E-state index >= 15 is 0 Å². The molecule has 132 valence electrons. The molecule has 0 aliphatic rings. The summed E-state index contributed by atoms with van der Waals surface area (Å²) in [6.45, 7) is 0.276. The van der Waals surface area contributed by atoms with Gasteiger partial charge in [-0.05, 0) is 34.9 Å². The number of rotatable bonds is 7.